The Morgan fingerprint density at radius 3 is 2.74 bits per heavy atom. The third-order valence-corrected chi connectivity index (χ3v) is 4.44. The molecule has 1 aromatic rings. The van der Waals surface area contributed by atoms with Crippen LogP contribution in [-0.2, 0) is 0 Å². The molecule has 3 atom stereocenters. The van der Waals surface area contributed by atoms with E-state index in [0.717, 1.165) is 19.1 Å². The van der Waals surface area contributed by atoms with Gasteiger partial charge in [0.05, 0.1) is 0 Å². The summed E-state index contributed by atoms with van der Waals surface area (Å²) in [5.41, 5.74) is 1.46. The molecule has 0 saturated carbocycles. The van der Waals surface area contributed by atoms with E-state index < -0.39 is 0 Å². The monoisotopic (exact) mass is 256 g/mol. The first-order valence-corrected chi connectivity index (χ1v) is 7.53. The number of hydrogen-bond acceptors (Lipinski definition) is 2. The molecule has 3 rings (SSSR count). The number of allylic oxidation sites excluding steroid dienone is 1. The average Bonchev–Trinajstić information content (AvgIpc) is 2.49. The van der Waals surface area contributed by atoms with Gasteiger partial charge in [-0.3, -0.25) is 4.90 Å². The van der Waals surface area contributed by atoms with Crippen LogP contribution in [0.4, 0.5) is 0 Å². The summed E-state index contributed by atoms with van der Waals surface area (Å²) in [5.74, 6) is 0. The van der Waals surface area contributed by atoms with Crippen LogP contribution in [0.5, 0.6) is 0 Å². The second kappa shape index (κ2) is 5.89. The smallest absolute Gasteiger partial charge is 0.0476 e. The SMILES string of the molecule is CC1CN(C2CC=CCC2)C(c2ccccc2)CN1. The molecule has 0 spiro atoms. The van der Waals surface area contributed by atoms with Gasteiger partial charge in [-0.25, -0.2) is 0 Å². The topological polar surface area (TPSA) is 15.3 Å². The summed E-state index contributed by atoms with van der Waals surface area (Å²) >= 11 is 0. The molecule has 1 fully saturated rings. The molecular weight excluding hydrogens is 232 g/mol. The maximum absolute atomic E-state index is 3.64. The normalized spacial score (nSPS) is 32.4. The summed E-state index contributed by atoms with van der Waals surface area (Å²) in [6.45, 7) is 4.54. The van der Waals surface area contributed by atoms with Gasteiger partial charge in [0.25, 0.3) is 0 Å². The van der Waals surface area contributed by atoms with Crippen molar-refractivity contribution in [1.29, 1.82) is 0 Å². The van der Waals surface area contributed by atoms with Crippen molar-refractivity contribution in [2.24, 2.45) is 0 Å². The van der Waals surface area contributed by atoms with Gasteiger partial charge in [0.1, 0.15) is 0 Å². The molecule has 1 aromatic carbocycles. The van der Waals surface area contributed by atoms with Crippen LogP contribution >= 0.6 is 0 Å². The summed E-state index contributed by atoms with van der Waals surface area (Å²) in [5, 5.41) is 3.64. The standard InChI is InChI=1S/C17H24N2/c1-14-13-19(16-10-6-3-7-11-16)17(12-18-14)15-8-4-2-5-9-15/h2-6,8-9,14,16-18H,7,10-13H2,1H3. The summed E-state index contributed by atoms with van der Waals surface area (Å²) in [7, 11) is 0. The molecule has 2 nitrogen and oxygen atoms in total. The zero-order valence-corrected chi connectivity index (χ0v) is 11.8. The lowest BCUT2D eigenvalue weighted by molar-refractivity contribution is 0.0795. The van der Waals surface area contributed by atoms with Crippen molar-refractivity contribution < 1.29 is 0 Å². The Morgan fingerprint density at radius 1 is 1.16 bits per heavy atom. The van der Waals surface area contributed by atoms with Gasteiger partial charge in [0.2, 0.25) is 0 Å². The first-order valence-electron chi connectivity index (χ1n) is 7.53. The number of piperazine rings is 1. The zero-order chi connectivity index (χ0) is 13.1. The Balaban J connectivity index is 1.81. The third-order valence-electron chi connectivity index (χ3n) is 4.44. The highest BCUT2D eigenvalue weighted by atomic mass is 15.3. The molecule has 0 amide bonds. The van der Waals surface area contributed by atoms with E-state index in [1.165, 1.54) is 24.8 Å². The molecule has 1 aliphatic carbocycles. The molecule has 1 heterocycles. The fraction of sp³-hybridized carbons (Fsp3) is 0.529. The Kier molecular flexibility index (Phi) is 4.00. The van der Waals surface area contributed by atoms with Gasteiger partial charge in [0, 0.05) is 31.2 Å². The minimum atomic E-state index is 0.536. The number of benzene rings is 1. The van der Waals surface area contributed by atoms with E-state index in [1.54, 1.807) is 0 Å². The second-order valence-corrected chi connectivity index (χ2v) is 5.87. The molecule has 0 radical (unpaired) electrons. The lowest BCUT2D eigenvalue weighted by atomic mass is 9.93. The summed E-state index contributed by atoms with van der Waals surface area (Å²) in [6.07, 6.45) is 8.47. The van der Waals surface area contributed by atoms with Crippen LogP contribution in [0.15, 0.2) is 42.5 Å². The van der Waals surface area contributed by atoms with Crippen LogP contribution in [0, 0.1) is 0 Å². The Hall–Kier alpha value is -1.12. The van der Waals surface area contributed by atoms with Crippen molar-refractivity contribution in [3.63, 3.8) is 0 Å². The van der Waals surface area contributed by atoms with Gasteiger partial charge < -0.3 is 5.32 Å². The number of nitrogens with zero attached hydrogens (tertiary/aromatic N) is 1. The fourth-order valence-electron chi connectivity index (χ4n) is 3.40. The molecule has 1 aliphatic heterocycles. The van der Waals surface area contributed by atoms with Crippen LogP contribution in [0.3, 0.4) is 0 Å². The highest BCUT2D eigenvalue weighted by Gasteiger charge is 2.31. The van der Waals surface area contributed by atoms with E-state index >= 15 is 0 Å². The molecule has 102 valence electrons. The Morgan fingerprint density at radius 2 is 2.00 bits per heavy atom. The summed E-state index contributed by atoms with van der Waals surface area (Å²) in [4.78, 5) is 2.74. The predicted molar refractivity (Wildman–Crippen MR) is 80.1 cm³/mol. The second-order valence-electron chi connectivity index (χ2n) is 5.87. The van der Waals surface area contributed by atoms with Gasteiger partial charge in [-0.05, 0) is 31.7 Å². The molecule has 2 aliphatic rings. The lowest BCUT2D eigenvalue weighted by Crippen LogP contribution is -2.54. The van der Waals surface area contributed by atoms with E-state index in [-0.39, 0.29) is 0 Å². The van der Waals surface area contributed by atoms with Gasteiger partial charge in [0.15, 0.2) is 0 Å². The Labute approximate surface area is 116 Å². The molecule has 19 heavy (non-hydrogen) atoms. The van der Waals surface area contributed by atoms with E-state index in [0.29, 0.717) is 12.1 Å². The number of rotatable bonds is 2. The maximum atomic E-state index is 3.64. The summed E-state index contributed by atoms with van der Waals surface area (Å²) < 4.78 is 0. The summed E-state index contributed by atoms with van der Waals surface area (Å²) in [6, 6.07) is 12.8. The minimum absolute atomic E-state index is 0.536. The third kappa shape index (κ3) is 2.90. The first-order chi connectivity index (χ1) is 9.34. The van der Waals surface area contributed by atoms with Crippen LogP contribution in [0.25, 0.3) is 0 Å². The highest BCUT2D eigenvalue weighted by Crippen LogP contribution is 2.30. The van der Waals surface area contributed by atoms with Crippen molar-refractivity contribution in [2.75, 3.05) is 13.1 Å². The van der Waals surface area contributed by atoms with Crippen LogP contribution in [-0.4, -0.2) is 30.1 Å². The van der Waals surface area contributed by atoms with Gasteiger partial charge in [-0.1, -0.05) is 42.5 Å². The molecule has 0 aromatic heterocycles. The zero-order valence-electron chi connectivity index (χ0n) is 11.8. The lowest BCUT2D eigenvalue weighted by Gasteiger charge is -2.44. The van der Waals surface area contributed by atoms with Crippen molar-refractivity contribution in [1.82, 2.24) is 10.2 Å². The van der Waals surface area contributed by atoms with E-state index in [9.17, 15) is 0 Å². The quantitative estimate of drug-likeness (QED) is 0.818. The van der Waals surface area contributed by atoms with Crippen molar-refractivity contribution in [3.05, 3.63) is 48.0 Å². The predicted octanol–water partition coefficient (Wildman–Crippen LogP) is 3.13. The molecule has 2 heteroatoms. The van der Waals surface area contributed by atoms with Crippen LogP contribution < -0.4 is 5.32 Å². The maximum Gasteiger partial charge on any atom is 0.0476 e. The first kappa shape index (κ1) is 12.9. The molecular formula is C17H24N2. The van der Waals surface area contributed by atoms with Gasteiger partial charge in [-0.2, -0.15) is 0 Å². The molecule has 3 unspecified atom stereocenters. The Bertz CT molecular complexity index is 426. The largest absolute Gasteiger partial charge is 0.311 e. The van der Waals surface area contributed by atoms with Gasteiger partial charge >= 0.3 is 0 Å². The van der Waals surface area contributed by atoms with Crippen molar-refractivity contribution in [2.45, 2.75) is 44.3 Å². The van der Waals surface area contributed by atoms with Crippen LogP contribution in [0.1, 0.15) is 37.8 Å². The minimum Gasteiger partial charge on any atom is -0.311 e. The molecule has 1 N–H and O–H groups in total. The van der Waals surface area contributed by atoms with Crippen molar-refractivity contribution in [3.8, 4) is 0 Å². The molecule has 1 saturated heterocycles. The number of hydrogen-bond donors (Lipinski definition) is 1. The molecule has 0 bridgehead atoms. The van der Waals surface area contributed by atoms with Crippen LogP contribution in [0.2, 0.25) is 0 Å². The highest BCUT2D eigenvalue weighted by molar-refractivity contribution is 5.21. The van der Waals surface area contributed by atoms with E-state index in [4.69, 9.17) is 0 Å². The van der Waals surface area contributed by atoms with E-state index in [1.807, 2.05) is 0 Å². The van der Waals surface area contributed by atoms with Crippen molar-refractivity contribution >= 4 is 0 Å². The number of nitrogens with one attached hydrogen (secondary N) is 1. The fourth-order valence-corrected chi connectivity index (χ4v) is 3.40. The van der Waals surface area contributed by atoms with Gasteiger partial charge in [-0.15, -0.1) is 0 Å². The average molecular weight is 256 g/mol. The van der Waals surface area contributed by atoms with E-state index in [2.05, 4.69) is 59.6 Å².